The topological polar surface area (TPSA) is 90.4 Å². The van der Waals surface area contributed by atoms with Gasteiger partial charge in [0.2, 0.25) is 17.7 Å². The van der Waals surface area contributed by atoms with Gasteiger partial charge in [-0.2, -0.15) is 0 Å². The van der Waals surface area contributed by atoms with Crippen LogP contribution in [0.1, 0.15) is 26.7 Å². The number of unbranched alkanes of at least 4 members (excludes halogenated alkanes) is 1. The number of aliphatic hydroxyl groups is 1. The summed E-state index contributed by atoms with van der Waals surface area (Å²) in [6.07, 6.45) is 8.72. The number of likely N-dealkylation sites (tertiary alicyclic amines) is 1. The summed E-state index contributed by atoms with van der Waals surface area (Å²) in [7, 11) is 1.71. The predicted molar refractivity (Wildman–Crippen MR) is 109 cm³/mol. The molecule has 4 heterocycles. The smallest absolute Gasteiger partial charge is 0.249 e. The van der Waals surface area contributed by atoms with E-state index in [1.165, 1.54) is 4.90 Å². The fraction of sp³-hybridized carbons (Fsp3) is 0.682. The summed E-state index contributed by atoms with van der Waals surface area (Å²) in [5.74, 6) is -2.08. The van der Waals surface area contributed by atoms with Crippen LogP contribution in [0.3, 0.4) is 0 Å². The van der Waals surface area contributed by atoms with E-state index in [4.69, 9.17) is 4.74 Å². The van der Waals surface area contributed by atoms with Gasteiger partial charge in [-0.1, -0.05) is 37.6 Å². The lowest BCUT2D eigenvalue weighted by atomic mass is 9.77. The van der Waals surface area contributed by atoms with E-state index in [1.54, 1.807) is 23.8 Å². The van der Waals surface area contributed by atoms with Crippen LogP contribution in [-0.2, 0) is 19.1 Å². The molecule has 0 saturated carbocycles. The maximum absolute atomic E-state index is 13.7. The molecule has 1 unspecified atom stereocenters. The number of aliphatic hydroxyl groups excluding tert-OH is 1. The van der Waals surface area contributed by atoms with Gasteiger partial charge in [0, 0.05) is 26.7 Å². The molecule has 4 rings (SSSR count). The van der Waals surface area contributed by atoms with Crippen LogP contribution in [0, 0.1) is 11.8 Å². The van der Waals surface area contributed by atoms with E-state index in [2.05, 4.69) is 6.92 Å². The van der Waals surface area contributed by atoms with Crippen LogP contribution in [0.15, 0.2) is 24.3 Å². The largest absolute Gasteiger partial charge is 0.394 e. The highest BCUT2D eigenvalue weighted by atomic mass is 16.5. The molecule has 164 valence electrons. The summed E-state index contributed by atoms with van der Waals surface area (Å²) >= 11 is 0. The van der Waals surface area contributed by atoms with Gasteiger partial charge in [0.15, 0.2) is 0 Å². The van der Waals surface area contributed by atoms with E-state index >= 15 is 0 Å². The molecule has 6 atom stereocenters. The Bertz CT molecular complexity index is 796. The molecule has 3 amide bonds. The van der Waals surface area contributed by atoms with Crippen LogP contribution in [-0.4, -0.2) is 94.6 Å². The summed E-state index contributed by atoms with van der Waals surface area (Å²) in [6, 6.07) is -1.43. The first-order chi connectivity index (χ1) is 14.4. The third kappa shape index (κ3) is 2.92. The van der Waals surface area contributed by atoms with Crippen molar-refractivity contribution in [3.8, 4) is 0 Å². The Morgan fingerprint density at radius 1 is 1.20 bits per heavy atom. The van der Waals surface area contributed by atoms with E-state index in [-0.39, 0.29) is 24.3 Å². The zero-order chi connectivity index (χ0) is 21.6. The van der Waals surface area contributed by atoms with Crippen molar-refractivity contribution in [1.29, 1.82) is 0 Å². The lowest BCUT2D eigenvalue weighted by molar-refractivity contribution is -0.150. The lowest BCUT2D eigenvalue weighted by Gasteiger charge is -2.37. The molecule has 0 aliphatic carbocycles. The molecule has 30 heavy (non-hydrogen) atoms. The monoisotopic (exact) mass is 417 g/mol. The quantitative estimate of drug-likeness (QED) is 0.645. The molecule has 0 radical (unpaired) electrons. The molecule has 4 aliphatic rings. The average molecular weight is 418 g/mol. The molecule has 2 fully saturated rings. The summed E-state index contributed by atoms with van der Waals surface area (Å²) in [5, 5.41) is 9.84. The highest BCUT2D eigenvalue weighted by molar-refractivity contribution is 5.99. The van der Waals surface area contributed by atoms with Gasteiger partial charge >= 0.3 is 0 Å². The van der Waals surface area contributed by atoms with E-state index < -0.39 is 35.6 Å². The Morgan fingerprint density at radius 3 is 2.67 bits per heavy atom. The number of amides is 3. The first-order valence-corrected chi connectivity index (χ1v) is 10.9. The van der Waals surface area contributed by atoms with Crippen LogP contribution >= 0.6 is 0 Å². The summed E-state index contributed by atoms with van der Waals surface area (Å²) < 4.78 is 6.47. The number of hydrogen-bond donors (Lipinski definition) is 1. The zero-order valence-corrected chi connectivity index (χ0v) is 17.9. The van der Waals surface area contributed by atoms with Gasteiger partial charge in [0.1, 0.15) is 11.6 Å². The van der Waals surface area contributed by atoms with Crippen molar-refractivity contribution in [2.75, 3.05) is 33.3 Å². The minimum Gasteiger partial charge on any atom is -0.394 e. The van der Waals surface area contributed by atoms with Crippen molar-refractivity contribution in [3.63, 3.8) is 0 Å². The molecule has 8 heteroatoms. The summed E-state index contributed by atoms with van der Waals surface area (Å²) in [5.41, 5.74) is -1.20. The number of nitrogens with zero attached hydrogens (tertiary/aromatic N) is 3. The molecule has 0 bridgehead atoms. The van der Waals surface area contributed by atoms with E-state index in [0.29, 0.717) is 19.6 Å². The highest BCUT2D eigenvalue weighted by Crippen LogP contribution is 2.53. The van der Waals surface area contributed by atoms with Gasteiger partial charge in [-0.05, 0) is 13.3 Å². The molecule has 0 aromatic rings. The number of likely N-dealkylation sites (N-methyl/N-ethyl adjacent to an activating group) is 1. The minimum absolute atomic E-state index is 0.148. The Balaban J connectivity index is 1.82. The predicted octanol–water partition coefficient (Wildman–Crippen LogP) is 0.175. The first-order valence-electron chi connectivity index (χ1n) is 10.9. The number of rotatable bonds is 5. The van der Waals surface area contributed by atoms with Gasteiger partial charge in [-0.25, -0.2) is 0 Å². The highest BCUT2D eigenvalue weighted by Gasteiger charge is 2.72. The Hall–Kier alpha value is -2.19. The second-order valence-corrected chi connectivity index (χ2v) is 8.81. The third-order valence-corrected chi connectivity index (χ3v) is 6.90. The fourth-order valence-electron chi connectivity index (χ4n) is 5.36. The van der Waals surface area contributed by atoms with Gasteiger partial charge in [0.25, 0.3) is 0 Å². The molecule has 8 nitrogen and oxygen atoms in total. The number of fused-ring (bicyclic) bond motifs is 2. The second-order valence-electron chi connectivity index (χ2n) is 8.81. The number of carbonyl (C=O) groups is 3. The van der Waals surface area contributed by atoms with Gasteiger partial charge < -0.3 is 24.5 Å². The normalized spacial score (nSPS) is 36.5. The second kappa shape index (κ2) is 7.81. The van der Waals surface area contributed by atoms with E-state index in [0.717, 1.165) is 12.8 Å². The number of ether oxygens (including phenoxy) is 1. The Morgan fingerprint density at radius 2 is 1.97 bits per heavy atom. The maximum Gasteiger partial charge on any atom is 0.249 e. The van der Waals surface area contributed by atoms with Crippen molar-refractivity contribution < 1.29 is 24.2 Å². The molecule has 1 N–H and O–H groups in total. The van der Waals surface area contributed by atoms with Crippen molar-refractivity contribution in [2.24, 2.45) is 11.8 Å². The molecular formula is C22H31N3O5. The number of hydrogen-bond acceptors (Lipinski definition) is 5. The van der Waals surface area contributed by atoms with Crippen LogP contribution in [0.2, 0.25) is 0 Å². The molecule has 0 aromatic carbocycles. The lowest BCUT2D eigenvalue weighted by Crippen LogP contribution is -2.57. The molecular weight excluding hydrogens is 386 g/mol. The van der Waals surface area contributed by atoms with E-state index in [9.17, 15) is 19.5 Å². The van der Waals surface area contributed by atoms with Crippen molar-refractivity contribution >= 4 is 17.7 Å². The van der Waals surface area contributed by atoms with Crippen LogP contribution in [0.4, 0.5) is 0 Å². The average Bonchev–Trinajstić information content (AvgIpc) is 3.07. The minimum atomic E-state index is -1.20. The van der Waals surface area contributed by atoms with Crippen molar-refractivity contribution in [2.45, 2.75) is 50.5 Å². The molecule has 2 saturated heterocycles. The summed E-state index contributed by atoms with van der Waals surface area (Å²) in [4.78, 5) is 45.4. The van der Waals surface area contributed by atoms with Crippen LogP contribution in [0.5, 0.6) is 0 Å². The fourth-order valence-corrected chi connectivity index (χ4v) is 5.36. The third-order valence-electron chi connectivity index (χ3n) is 6.90. The standard InChI is InChI=1S/C22H31N3O5/c1-4-5-11-24-12-7-9-22-17(16-15(30-22)8-6-10-23(3)19(16)27)20(28)25(14(2)13-26)18(22)21(24)29/h6-9,14-18,26H,4-5,10-13H2,1-3H3/t14-,15+,16-,17+,18?,22+/m1/s1. The number of carbonyl (C=O) groups excluding carboxylic acids is 3. The van der Waals surface area contributed by atoms with Gasteiger partial charge in [-0.15, -0.1) is 0 Å². The Labute approximate surface area is 177 Å². The zero-order valence-electron chi connectivity index (χ0n) is 17.9. The van der Waals surface area contributed by atoms with Crippen molar-refractivity contribution in [3.05, 3.63) is 24.3 Å². The van der Waals surface area contributed by atoms with Crippen LogP contribution in [0.25, 0.3) is 0 Å². The Kier molecular flexibility index (Phi) is 5.48. The van der Waals surface area contributed by atoms with Gasteiger partial charge in [-0.3, -0.25) is 14.4 Å². The maximum atomic E-state index is 13.7. The summed E-state index contributed by atoms with van der Waals surface area (Å²) in [6.45, 7) is 5.03. The van der Waals surface area contributed by atoms with E-state index in [1.807, 2.05) is 24.3 Å². The molecule has 1 spiro atoms. The SMILES string of the molecule is CCCCN1CC=C[C@]23O[C@H]4C=CCN(C)C(=O)[C@H]4[C@H]2C(=O)N([C@H](C)CO)C3C1=O. The van der Waals surface area contributed by atoms with Crippen molar-refractivity contribution in [1.82, 2.24) is 14.7 Å². The molecule has 4 aliphatic heterocycles. The van der Waals surface area contributed by atoms with Gasteiger partial charge in [0.05, 0.1) is 30.6 Å². The van der Waals surface area contributed by atoms with Crippen LogP contribution < -0.4 is 0 Å². The first kappa shape index (κ1) is 21.1. The molecule has 0 aromatic heterocycles.